The van der Waals surface area contributed by atoms with Gasteiger partial charge in [0, 0.05) is 6.08 Å². The maximum absolute atomic E-state index is 11.3. The summed E-state index contributed by atoms with van der Waals surface area (Å²) < 4.78 is 4.80. The van der Waals surface area contributed by atoms with Crippen molar-refractivity contribution in [1.82, 2.24) is 0 Å². The maximum atomic E-state index is 11.3. The lowest BCUT2D eigenvalue weighted by Gasteiger charge is -2.41. The minimum absolute atomic E-state index is 0.0311. The first-order chi connectivity index (χ1) is 8.87. The van der Waals surface area contributed by atoms with Gasteiger partial charge in [-0.05, 0) is 38.7 Å². The molecule has 1 heterocycles. The second kappa shape index (κ2) is 6.30. The Bertz CT molecular complexity index is 351. The van der Waals surface area contributed by atoms with Gasteiger partial charge in [0.15, 0.2) is 11.9 Å². The van der Waals surface area contributed by atoms with Crippen LogP contribution in [-0.2, 0) is 24.1 Å². The van der Waals surface area contributed by atoms with Crippen molar-refractivity contribution in [2.24, 2.45) is 5.92 Å². The van der Waals surface area contributed by atoms with E-state index in [0.717, 1.165) is 6.29 Å². The number of aldehydes is 1. The van der Waals surface area contributed by atoms with Crippen LogP contribution in [0, 0.1) is 5.92 Å². The summed E-state index contributed by atoms with van der Waals surface area (Å²) >= 11 is 0. The third-order valence-corrected chi connectivity index (χ3v) is 3.43. The molecule has 1 saturated heterocycles. The number of ether oxygens (including phenoxy) is 1. The van der Waals surface area contributed by atoms with Gasteiger partial charge in [0.1, 0.15) is 5.60 Å². The van der Waals surface area contributed by atoms with E-state index in [9.17, 15) is 9.59 Å². The summed E-state index contributed by atoms with van der Waals surface area (Å²) in [7, 11) is 0. The van der Waals surface area contributed by atoms with E-state index in [0.29, 0.717) is 19.4 Å². The molecule has 1 aliphatic heterocycles. The van der Waals surface area contributed by atoms with Crippen LogP contribution in [-0.4, -0.2) is 30.1 Å². The van der Waals surface area contributed by atoms with Crippen LogP contribution in [0.5, 0.6) is 0 Å². The van der Waals surface area contributed by atoms with Crippen molar-refractivity contribution >= 4 is 12.3 Å². The molecule has 0 spiro atoms. The Morgan fingerprint density at radius 2 is 2.05 bits per heavy atom. The van der Waals surface area contributed by atoms with E-state index in [1.807, 2.05) is 13.8 Å². The summed E-state index contributed by atoms with van der Waals surface area (Å²) in [5.74, 6) is -0.382. The molecule has 0 N–H and O–H groups in total. The predicted octanol–water partition coefficient (Wildman–Crippen LogP) is 2.20. The highest BCUT2D eigenvalue weighted by Crippen LogP contribution is 2.37. The molecular weight excluding hydrogens is 248 g/mol. The van der Waals surface area contributed by atoms with E-state index in [2.05, 4.69) is 0 Å². The molecule has 2 atom stereocenters. The monoisotopic (exact) mass is 270 g/mol. The average Bonchev–Trinajstić information content (AvgIpc) is 2.38. The first-order valence-corrected chi connectivity index (χ1v) is 6.56. The summed E-state index contributed by atoms with van der Waals surface area (Å²) in [4.78, 5) is 33.1. The van der Waals surface area contributed by atoms with Gasteiger partial charge >= 0.3 is 5.97 Å². The molecule has 0 aromatic heterocycles. The predicted molar refractivity (Wildman–Crippen MR) is 69.2 cm³/mol. The van der Waals surface area contributed by atoms with Crippen LogP contribution >= 0.6 is 0 Å². The van der Waals surface area contributed by atoms with Crippen LogP contribution in [0.25, 0.3) is 0 Å². The molecule has 0 bridgehead atoms. The number of carbonyl (C=O) groups is 2. The largest absolute Gasteiger partial charge is 0.463 e. The molecule has 0 saturated carbocycles. The van der Waals surface area contributed by atoms with Gasteiger partial charge in [-0.15, -0.1) is 0 Å². The SMILES string of the molecule is CCOC(=O)/C=C/[C@]1(C)CC[C@@](C=O)(C(C)C)OO1. The molecule has 0 unspecified atom stereocenters. The third-order valence-electron chi connectivity index (χ3n) is 3.43. The topological polar surface area (TPSA) is 61.8 Å². The fourth-order valence-corrected chi connectivity index (χ4v) is 1.85. The van der Waals surface area contributed by atoms with Crippen molar-refractivity contribution in [3.63, 3.8) is 0 Å². The first kappa shape index (κ1) is 15.9. The zero-order chi connectivity index (χ0) is 14.5. The number of carbonyl (C=O) groups excluding carboxylic acids is 2. The van der Waals surface area contributed by atoms with Gasteiger partial charge in [-0.1, -0.05) is 13.8 Å². The Morgan fingerprint density at radius 1 is 1.37 bits per heavy atom. The Labute approximate surface area is 113 Å². The Morgan fingerprint density at radius 3 is 2.47 bits per heavy atom. The van der Waals surface area contributed by atoms with Crippen LogP contribution in [0.3, 0.4) is 0 Å². The van der Waals surface area contributed by atoms with E-state index in [1.54, 1.807) is 19.9 Å². The fourth-order valence-electron chi connectivity index (χ4n) is 1.85. The molecular formula is C14H22O5. The Hall–Kier alpha value is -1.20. The zero-order valence-electron chi connectivity index (χ0n) is 12.0. The van der Waals surface area contributed by atoms with E-state index < -0.39 is 17.2 Å². The van der Waals surface area contributed by atoms with Crippen molar-refractivity contribution in [2.45, 2.75) is 51.7 Å². The van der Waals surface area contributed by atoms with Gasteiger partial charge in [0.2, 0.25) is 0 Å². The molecule has 19 heavy (non-hydrogen) atoms. The summed E-state index contributed by atoms with van der Waals surface area (Å²) in [6.45, 7) is 7.70. The quantitative estimate of drug-likeness (QED) is 0.332. The number of hydrogen-bond acceptors (Lipinski definition) is 5. The normalized spacial score (nSPS) is 31.6. The van der Waals surface area contributed by atoms with Gasteiger partial charge in [-0.25, -0.2) is 14.6 Å². The van der Waals surface area contributed by atoms with Crippen molar-refractivity contribution in [3.8, 4) is 0 Å². The molecule has 1 aliphatic rings. The molecule has 0 aromatic carbocycles. The molecule has 0 aromatic rings. The molecule has 1 fully saturated rings. The first-order valence-electron chi connectivity index (χ1n) is 6.56. The van der Waals surface area contributed by atoms with E-state index in [1.165, 1.54) is 6.08 Å². The smallest absolute Gasteiger partial charge is 0.330 e. The summed E-state index contributed by atoms with van der Waals surface area (Å²) in [5, 5.41) is 0. The van der Waals surface area contributed by atoms with Crippen molar-refractivity contribution in [1.29, 1.82) is 0 Å². The molecule has 0 amide bonds. The van der Waals surface area contributed by atoms with Gasteiger partial charge in [0.05, 0.1) is 6.61 Å². The van der Waals surface area contributed by atoms with Gasteiger partial charge in [-0.2, -0.15) is 0 Å². The number of esters is 1. The summed E-state index contributed by atoms with van der Waals surface area (Å²) in [6.07, 6.45) is 4.89. The van der Waals surface area contributed by atoms with E-state index in [4.69, 9.17) is 14.5 Å². The molecule has 5 nitrogen and oxygen atoms in total. The van der Waals surface area contributed by atoms with Crippen LogP contribution in [0.4, 0.5) is 0 Å². The van der Waals surface area contributed by atoms with Crippen LogP contribution < -0.4 is 0 Å². The summed E-state index contributed by atoms with van der Waals surface area (Å²) in [6, 6.07) is 0. The zero-order valence-corrected chi connectivity index (χ0v) is 12.0. The fraction of sp³-hybridized carbons (Fsp3) is 0.714. The van der Waals surface area contributed by atoms with E-state index in [-0.39, 0.29) is 5.92 Å². The Balaban J connectivity index is 2.65. The number of rotatable bonds is 5. The lowest BCUT2D eigenvalue weighted by molar-refractivity contribution is -0.419. The average molecular weight is 270 g/mol. The van der Waals surface area contributed by atoms with Crippen molar-refractivity contribution < 1.29 is 24.1 Å². The Kier molecular flexibility index (Phi) is 5.26. The van der Waals surface area contributed by atoms with Crippen LogP contribution in [0.15, 0.2) is 12.2 Å². The van der Waals surface area contributed by atoms with Gasteiger partial charge in [-0.3, -0.25) is 4.79 Å². The minimum atomic E-state index is -0.892. The molecule has 1 rings (SSSR count). The second-order valence-corrected chi connectivity index (χ2v) is 5.29. The highest BCUT2D eigenvalue weighted by Gasteiger charge is 2.44. The minimum Gasteiger partial charge on any atom is -0.463 e. The van der Waals surface area contributed by atoms with E-state index >= 15 is 0 Å². The summed E-state index contributed by atoms with van der Waals surface area (Å²) in [5.41, 5.74) is -1.61. The van der Waals surface area contributed by atoms with Crippen LogP contribution in [0.2, 0.25) is 0 Å². The standard InChI is InChI=1S/C14H22O5/c1-5-17-12(16)6-7-13(4)8-9-14(10-15,11(2)3)19-18-13/h6-7,10-11H,5,8-9H2,1-4H3/b7-6+/t13-,14-/m1/s1. The lowest BCUT2D eigenvalue weighted by Crippen LogP contribution is -2.49. The van der Waals surface area contributed by atoms with Gasteiger partial charge in [0.25, 0.3) is 0 Å². The molecule has 0 radical (unpaired) electrons. The maximum Gasteiger partial charge on any atom is 0.330 e. The third kappa shape index (κ3) is 3.88. The number of hydrogen-bond donors (Lipinski definition) is 0. The van der Waals surface area contributed by atoms with Gasteiger partial charge < -0.3 is 4.74 Å². The second-order valence-electron chi connectivity index (χ2n) is 5.29. The van der Waals surface area contributed by atoms with Crippen molar-refractivity contribution in [2.75, 3.05) is 6.61 Å². The molecule has 0 aliphatic carbocycles. The highest BCUT2D eigenvalue weighted by atomic mass is 17.2. The molecule has 108 valence electrons. The molecule has 5 heteroatoms. The van der Waals surface area contributed by atoms with Crippen LogP contribution in [0.1, 0.15) is 40.5 Å². The van der Waals surface area contributed by atoms with Crippen molar-refractivity contribution in [3.05, 3.63) is 12.2 Å². The highest BCUT2D eigenvalue weighted by molar-refractivity contribution is 5.82. The lowest BCUT2D eigenvalue weighted by atomic mass is 9.82.